The number of carboxylic acids is 1. The predicted octanol–water partition coefficient (Wildman–Crippen LogP) is 4.68. The first-order valence-electron chi connectivity index (χ1n) is 9.81. The molecule has 0 unspecified atom stereocenters. The number of halogens is 2. The molecule has 0 aliphatic heterocycles. The van der Waals surface area contributed by atoms with Gasteiger partial charge in [-0.05, 0) is 81.5 Å². The molecule has 5 nitrogen and oxygen atoms in total. The summed E-state index contributed by atoms with van der Waals surface area (Å²) in [5.41, 5.74) is 1.15. The van der Waals surface area contributed by atoms with Gasteiger partial charge in [-0.3, -0.25) is 4.79 Å². The van der Waals surface area contributed by atoms with Crippen molar-refractivity contribution < 1.29 is 25.2 Å². The fraction of sp³-hybridized carbons (Fsp3) is 0.571. The van der Waals surface area contributed by atoms with E-state index in [1.54, 1.807) is 17.4 Å². The SMILES string of the molecule is O=C(O)CCC/C=C\C[C@@H]1[C@@H](/C=C/[C@@H](O)CCc2cc(Br)sc2Br)[C@H](O)C[C@@H]1O. The summed E-state index contributed by atoms with van der Waals surface area (Å²) in [6.07, 6.45) is 9.34. The second-order valence-corrected chi connectivity index (χ2v) is 11.2. The fourth-order valence-electron chi connectivity index (χ4n) is 3.65. The van der Waals surface area contributed by atoms with Crippen molar-refractivity contribution in [3.05, 3.63) is 43.5 Å². The van der Waals surface area contributed by atoms with Crippen molar-refractivity contribution in [3.63, 3.8) is 0 Å². The standard InChI is InChI=1S/C21H28Br2O5S/c22-19-11-13(21(23)29-19)7-8-14(24)9-10-16-15(17(25)12-18(16)26)5-3-1-2-4-6-20(27)28/h1,3,9-11,14-18,24-26H,2,4-8,12H2,(H,27,28)/b3-1-,10-9+/t14-,15+,16+,17-,18+/m0/s1. The van der Waals surface area contributed by atoms with Gasteiger partial charge in [0.05, 0.1) is 25.9 Å². The fourth-order valence-corrected chi connectivity index (χ4v) is 6.56. The smallest absolute Gasteiger partial charge is 0.303 e. The zero-order chi connectivity index (χ0) is 21.4. The molecule has 162 valence electrons. The van der Waals surface area contributed by atoms with E-state index in [9.17, 15) is 20.1 Å². The Labute approximate surface area is 192 Å². The number of aliphatic hydroxyl groups is 3. The van der Waals surface area contributed by atoms with Crippen LogP contribution in [0.2, 0.25) is 0 Å². The van der Waals surface area contributed by atoms with E-state index in [-0.39, 0.29) is 18.3 Å². The molecule has 2 rings (SSSR count). The van der Waals surface area contributed by atoms with Gasteiger partial charge in [0, 0.05) is 18.8 Å². The molecule has 0 aromatic carbocycles. The van der Waals surface area contributed by atoms with E-state index in [2.05, 4.69) is 31.9 Å². The van der Waals surface area contributed by atoms with Gasteiger partial charge in [0.15, 0.2) is 0 Å². The second kappa shape index (κ2) is 12.4. The number of allylic oxidation sites excluding steroid dienone is 2. The lowest BCUT2D eigenvalue weighted by Crippen LogP contribution is -2.20. The molecule has 29 heavy (non-hydrogen) atoms. The minimum atomic E-state index is -0.796. The monoisotopic (exact) mass is 550 g/mol. The Hall–Kier alpha value is -0.510. The Morgan fingerprint density at radius 1 is 1.28 bits per heavy atom. The first-order valence-corrected chi connectivity index (χ1v) is 12.2. The van der Waals surface area contributed by atoms with Crippen molar-refractivity contribution in [2.75, 3.05) is 0 Å². The van der Waals surface area contributed by atoms with Crippen LogP contribution >= 0.6 is 43.2 Å². The molecule has 0 bridgehead atoms. The Morgan fingerprint density at radius 2 is 2.03 bits per heavy atom. The quantitative estimate of drug-likeness (QED) is 0.236. The van der Waals surface area contributed by atoms with Gasteiger partial charge in [-0.2, -0.15) is 0 Å². The highest BCUT2D eigenvalue weighted by molar-refractivity contribution is 9.12. The zero-order valence-electron chi connectivity index (χ0n) is 16.1. The molecular formula is C21H28Br2O5S. The Balaban J connectivity index is 1.84. The number of carboxylic acid groups (broad SMARTS) is 1. The number of aliphatic carboxylic acids is 1. The maximum atomic E-state index is 10.5. The first kappa shape index (κ1) is 24.8. The van der Waals surface area contributed by atoms with Crippen molar-refractivity contribution in [2.24, 2.45) is 11.8 Å². The molecule has 1 aliphatic rings. The minimum Gasteiger partial charge on any atom is -0.481 e. The van der Waals surface area contributed by atoms with Crippen molar-refractivity contribution in [1.82, 2.24) is 0 Å². The van der Waals surface area contributed by atoms with Gasteiger partial charge in [-0.1, -0.05) is 24.3 Å². The van der Waals surface area contributed by atoms with Gasteiger partial charge in [-0.15, -0.1) is 11.3 Å². The van der Waals surface area contributed by atoms with Crippen molar-refractivity contribution in [3.8, 4) is 0 Å². The molecule has 1 aromatic rings. The van der Waals surface area contributed by atoms with Crippen LogP contribution in [0.4, 0.5) is 0 Å². The number of aliphatic hydroxyl groups excluding tert-OH is 3. The van der Waals surface area contributed by atoms with Crippen LogP contribution < -0.4 is 0 Å². The summed E-state index contributed by atoms with van der Waals surface area (Å²) < 4.78 is 2.11. The highest BCUT2D eigenvalue weighted by Crippen LogP contribution is 2.36. The molecule has 1 fully saturated rings. The normalized spacial score (nSPS) is 26.0. The van der Waals surface area contributed by atoms with Crippen molar-refractivity contribution in [1.29, 1.82) is 0 Å². The summed E-state index contributed by atoms with van der Waals surface area (Å²) in [5, 5.41) is 39.5. The summed E-state index contributed by atoms with van der Waals surface area (Å²) in [6.45, 7) is 0. The van der Waals surface area contributed by atoms with E-state index in [0.29, 0.717) is 32.1 Å². The lowest BCUT2D eigenvalue weighted by molar-refractivity contribution is -0.137. The molecule has 1 saturated carbocycles. The number of rotatable bonds is 11. The first-order chi connectivity index (χ1) is 13.8. The summed E-state index contributed by atoms with van der Waals surface area (Å²) in [6, 6.07) is 2.04. The van der Waals surface area contributed by atoms with Crippen LogP contribution in [0.25, 0.3) is 0 Å². The molecule has 8 heteroatoms. The number of aryl methyl sites for hydroxylation is 1. The third-order valence-electron chi connectivity index (χ3n) is 5.24. The van der Waals surface area contributed by atoms with Gasteiger partial charge in [0.1, 0.15) is 0 Å². The molecule has 5 atom stereocenters. The third-order valence-corrected chi connectivity index (χ3v) is 7.71. The largest absolute Gasteiger partial charge is 0.481 e. The maximum Gasteiger partial charge on any atom is 0.303 e. The molecule has 1 aliphatic carbocycles. The highest BCUT2D eigenvalue weighted by atomic mass is 79.9. The maximum absolute atomic E-state index is 10.5. The summed E-state index contributed by atoms with van der Waals surface area (Å²) >= 11 is 8.58. The number of carbonyl (C=O) groups is 1. The molecule has 0 saturated heterocycles. The van der Waals surface area contributed by atoms with E-state index >= 15 is 0 Å². The topological polar surface area (TPSA) is 98.0 Å². The van der Waals surface area contributed by atoms with Crippen LogP contribution in [-0.4, -0.2) is 44.7 Å². The van der Waals surface area contributed by atoms with Crippen LogP contribution in [0, 0.1) is 11.8 Å². The van der Waals surface area contributed by atoms with Crippen molar-refractivity contribution in [2.45, 2.75) is 63.3 Å². The van der Waals surface area contributed by atoms with Crippen LogP contribution in [-0.2, 0) is 11.2 Å². The van der Waals surface area contributed by atoms with Gasteiger partial charge >= 0.3 is 5.97 Å². The number of unbranched alkanes of at least 4 members (excludes halogenated alkanes) is 1. The molecule has 4 N–H and O–H groups in total. The second-order valence-electron chi connectivity index (χ2n) is 7.45. The van der Waals surface area contributed by atoms with E-state index in [4.69, 9.17) is 5.11 Å². The Bertz CT molecular complexity index is 718. The van der Waals surface area contributed by atoms with Crippen LogP contribution in [0.1, 0.15) is 44.1 Å². The Morgan fingerprint density at radius 3 is 2.69 bits per heavy atom. The lowest BCUT2D eigenvalue weighted by Gasteiger charge is -2.19. The van der Waals surface area contributed by atoms with Gasteiger partial charge in [0.25, 0.3) is 0 Å². The summed E-state index contributed by atoms with van der Waals surface area (Å²) in [4.78, 5) is 10.5. The van der Waals surface area contributed by atoms with Gasteiger partial charge in [-0.25, -0.2) is 0 Å². The lowest BCUT2D eigenvalue weighted by atomic mass is 9.89. The molecular weight excluding hydrogens is 524 g/mol. The molecule has 0 spiro atoms. The van der Waals surface area contributed by atoms with E-state index in [0.717, 1.165) is 19.6 Å². The average molecular weight is 552 g/mol. The van der Waals surface area contributed by atoms with Crippen LogP contribution in [0.15, 0.2) is 37.9 Å². The van der Waals surface area contributed by atoms with E-state index in [1.807, 2.05) is 24.3 Å². The van der Waals surface area contributed by atoms with E-state index in [1.165, 1.54) is 0 Å². The molecule has 1 heterocycles. The highest BCUT2D eigenvalue weighted by Gasteiger charge is 2.39. The van der Waals surface area contributed by atoms with Crippen molar-refractivity contribution >= 4 is 49.2 Å². The minimum absolute atomic E-state index is 0.105. The number of thiophene rings is 1. The summed E-state index contributed by atoms with van der Waals surface area (Å²) in [5.74, 6) is -1.10. The zero-order valence-corrected chi connectivity index (χ0v) is 20.1. The summed E-state index contributed by atoms with van der Waals surface area (Å²) in [7, 11) is 0. The number of hydrogen-bond donors (Lipinski definition) is 4. The van der Waals surface area contributed by atoms with Crippen LogP contribution in [0.5, 0.6) is 0 Å². The number of hydrogen-bond acceptors (Lipinski definition) is 5. The van der Waals surface area contributed by atoms with Crippen LogP contribution in [0.3, 0.4) is 0 Å². The molecule has 1 aromatic heterocycles. The molecule has 0 amide bonds. The third kappa shape index (κ3) is 8.26. The van der Waals surface area contributed by atoms with E-state index < -0.39 is 24.3 Å². The predicted molar refractivity (Wildman–Crippen MR) is 122 cm³/mol. The van der Waals surface area contributed by atoms with Gasteiger partial charge < -0.3 is 20.4 Å². The Kier molecular flexibility index (Phi) is 10.6. The molecule has 0 radical (unpaired) electrons. The average Bonchev–Trinajstić information content (AvgIpc) is 3.11. The van der Waals surface area contributed by atoms with Gasteiger partial charge in [0.2, 0.25) is 0 Å².